The number of nitrogens with one attached hydrogen (secondary N) is 1. The van der Waals surface area contributed by atoms with Crippen molar-refractivity contribution in [1.29, 1.82) is 0 Å². The number of carbonyl (C=O) groups excluding carboxylic acids is 2. The third-order valence-corrected chi connectivity index (χ3v) is 5.29. The second-order valence-corrected chi connectivity index (χ2v) is 7.58. The van der Waals surface area contributed by atoms with Crippen LogP contribution in [0.1, 0.15) is 53.0 Å². The van der Waals surface area contributed by atoms with E-state index in [9.17, 15) is 9.59 Å². The zero-order valence-corrected chi connectivity index (χ0v) is 16.8. The SMILES string of the molecule is Cc1noc2nc(C3CC3)cc(C(=O)OC(C)C(=O)NCc3ccccc3Cl)c12. The molecule has 1 aliphatic rings. The van der Waals surface area contributed by atoms with Gasteiger partial charge in [0.2, 0.25) is 0 Å². The van der Waals surface area contributed by atoms with E-state index in [1.165, 1.54) is 6.92 Å². The molecule has 8 heteroatoms. The number of benzene rings is 1. The van der Waals surface area contributed by atoms with Gasteiger partial charge in [-0.15, -0.1) is 0 Å². The Morgan fingerprint density at radius 2 is 2.10 bits per heavy atom. The highest BCUT2D eigenvalue weighted by Crippen LogP contribution is 2.40. The third kappa shape index (κ3) is 4.10. The van der Waals surface area contributed by atoms with Gasteiger partial charge in [0.15, 0.2) is 6.10 Å². The van der Waals surface area contributed by atoms with Crippen LogP contribution in [0.3, 0.4) is 0 Å². The van der Waals surface area contributed by atoms with Gasteiger partial charge in [0.05, 0.1) is 16.6 Å². The molecule has 29 heavy (non-hydrogen) atoms. The molecule has 0 bridgehead atoms. The summed E-state index contributed by atoms with van der Waals surface area (Å²) in [5.41, 5.74) is 2.76. The molecule has 4 rings (SSSR count). The normalized spacial score (nSPS) is 14.6. The van der Waals surface area contributed by atoms with Gasteiger partial charge in [-0.05, 0) is 44.4 Å². The molecule has 1 fully saturated rings. The predicted molar refractivity (Wildman–Crippen MR) is 107 cm³/mol. The van der Waals surface area contributed by atoms with Crippen molar-refractivity contribution in [2.24, 2.45) is 0 Å². The minimum atomic E-state index is -0.974. The van der Waals surface area contributed by atoms with E-state index in [0.29, 0.717) is 33.3 Å². The highest BCUT2D eigenvalue weighted by molar-refractivity contribution is 6.31. The van der Waals surface area contributed by atoms with E-state index < -0.39 is 18.0 Å². The van der Waals surface area contributed by atoms with Crippen molar-refractivity contribution >= 4 is 34.6 Å². The Balaban J connectivity index is 1.48. The average molecular weight is 414 g/mol. The van der Waals surface area contributed by atoms with Gasteiger partial charge in [-0.3, -0.25) is 4.79 Å². The Morgan fingerprint density at radius 3 is 2.83 bits per heavy atom. The number of esters is 1. The number of hydrogen-bond donors (Lipinski definition) is 1. The largest absolute Gasteiger partial charge is 0.449 e. The molecule has 1 aromatic carbocycles. The second kappa shape index (κ2) is 7.83. The molecule has 0 aliphatic heterocycles. The molecule has 3 aromatic rings. The van der Waals surface area contributed by atoms with Crippen LogP contribution in [0.5, 0.6) is 0 Å². The molecular weight excluding hydrogens is 394 g/mol. The van der Waals surface area contributed by atoms with E-state index in [4.69, 9.17) is 20.9 Å². The van der Waals surface area contributed by atoms with Crippen LogP contribution in [0.15, 0.2) is 34.9 Å². The van der Waals surface area contributed by atoms with E-state index in [-0.39, 0.29) is 6.54 Å². The van der Waals surface area contributed by atoms with Crippen LogP contribution in [0, 0.1) is 6.92 Å². The summed E-state index contributed by atoms with van der Waals surface area (Å²) in [6.07, 6.45) is 1.08. The number of fused-ring (bicyclic) bond motifs is 1. The molecular formula is C21H20ClN3O4. The van der Waals surface area contributed by atoms with Crippen molar-refractivity contribution in [3.05, 3.63) is 57.9 Å². The van der Waals surface area contributed by atoms with Gasteiger partial charge in [0, 0.05) is 23.2 Å². The number of rotatable bonds is 6. The highest BCUT2D eigenvalue weighted by atomic mass is 35.5. The third-order valence-electron chi connectivity index (χ3n) is 4.92. The fourth-order valence-corrected chi connectivity index (χ4v) is 3.31. The van der Waals surface area contributed by atoms with Crippen molar-refractivity contribution in [2.75, 3.05) is 0 Å². The molecule has 1 atom stereocenters. The van der Waals surface area contributed by atoms with Crippen LogP contribution >= 0.6 is 11.6 Å². The summed E-state index contributed by atoms with van der Waals surface area (Å²) in [5.74, 6) is -0.688. The van der Waals surface area contributed by atoms with E-state index in [0.717, 1.165) is 24.1 Å². The van der Waals surface area contributed by atoms with Crippen LogP contribution in [-0.4, -0.2) is 28.1 Å². The molecule has 0 saturated heterocycles. The minimum Gasteiger partial charge on any atom is -0.449 e. The van der Waals surface area contributed by atoms with Gasteiger partial charge >= 0.3 is 5.97 Å². The smallest absolute Gasteiger partial charge is 0.339 e. The summed E-state index contributed by atoms with van der Waals surface area (Å²) in [5, 5.41) is 7.72. The quantitative estimate of drug-likeness (QED) is 0.615. The lowest BCUT2D eigenvalue weighted by atomic mass is 10.1. The van der Waals surface area contributed by atoms with E-state index in [1.807, 2.05) is 18.2 Å². The van der Waals surface area contributed by atoms with Crippen molar-refractivity contribution in [2.45, 2.75) is 45.3 Å². The molecule has 1 amide bonds. The lowest BCUT2D eigenvalue weighted by molar-refractivity contribution is -0.129. The summed E-state index contributed by atoms with van der Waals surface area (Å²) in [4.78, 5) is 29.7. The van der Waals surface area contributed by atoms with Gasteiger partial charge in [-0.1, -0.05) is 35.0 Å². The van der Waals surface area contributed by atoms with E-state index in [1.54, 1.807) is 19.1 Å². The maximum atomic E-state index is 12.8. The molecule has 150 valence electrons. The first-order valence-electron chi connectivity index (χ1n) is 9.43. The maximum Gasteiger partial charge on any atom is 0.339 e. The van der Waals surface area contributed by atoms with E-state index in [2.05, 4.69) is 15.5 Å². The number of nitrogens with zero attached hydrogens (tertiary/aromatic N) is 2. The number of amides is 1. The maximum absolute atomic E-state index is 12.8. The zero-order chi connectivity index (χ0) is 20.5. The molecule has 2 heterocycles. The van der Waals surface area contributed by atoms with Crippen LogP contribution in [0.2, 0.25) is 5.02 Å². The summed E-state index contributed by atoms with van der Waals surface area (Å²) < 4.78 is 10.7. The number of aryl methyl sites for hydroxylation is 1. The molecule has 1 N–H and O–H groups in total. The predicted octanol–water partition coefficient (Wildman–Crippen LogP) is 3.92. The van der Waals surface area contributed by atoms with Gasteiger partial charge in [0.1, 0.15) is 0 Å². The van der Waals surface area contributed by atoms with Crippen LogP contribution < -0.4 is 5.32 Å². The number of halogens is 1. The number of aromatic nitrogens is 2. The van der Waals surface area contributed by atoms with Crippen molar-refractivity contribution < 1.29 is 18.8 Å². The molecule has 0 spiro atoms. The Kier molecular flexibility index (Phi) is 5.24. The first-order chi connectivity index (χ1) is 13.9. The molecule has 7 nitrogen and oxygen atoms in total. The van der Waals surface area contributed by atoms with E-state index >= 15 is 0 Å². The minimum absolute atomic E-state index is 0.247. The lowest BCUT2D eigenvalue weighted by Crippen LogP contribution is -2.35. The molecule has 0 radical (unpaired) electrons. The highest BCUT2D eigenvalue weighted by Gasteiger charge is 2.30. The molecule has 2 aromatic heterocycles. The van der Waals surface area contributed by atoms with Crippen molar-refractivity contribution in [3.8, 4) is 0 Å². The summed E-state index contributed by atoms with van der Waals surface area (Å²) in [7, 11) is 0. The number of ether oxygens (including phenoxy) is 1. The van der Waals surface area contributed by atoms with Crippen LogP contribution in [-0.2, 0) is 16.1 Å². The van der Waals surface area contributed by atoms with Gasteiger partial charge in [0.25, 0.3) is 11.6 Å². The number of carbonyl (C=O) groups is 2. The van der Waals surface area contributed by atoms with Gasteiger partial charge in [-0.2, -0.15) is 0 Å². The number of hydrogen-bond acceptors (Lipinski definition) is 6. The number of pyridine rings is 1. The standard InChI is InChI=1S/C21H20ClN3O4/c1-11-18-15(9-17(13-7-8-13)24-20(18)29-25-11)21(27)28-12(2)19(26)23-10-14-5-3-4-6-16(14)22/h3-6,9,12-13H,7-8,10H2,1-2H3,(H,23,26). The fraction of sp³-hybridized carbons (Fsp3) is 0.333. The van der Waals surface area contributed by atoms with Gasteiger partial charge in [-0.25, -0.2) is 9.78 Å². The topological polar surface area (TPSA) is 94.3 Å². The summed E-state index contributed by atoms with van der Waals surface area (Å²) in [6, 6.07) is 8.95. The summed E-state index contributed by atoms with van der Waals surface area (Å²) in [6.45, 7) is 3.51. The van der Waals surface area contributed by atoms with Gasteiger partial charge < -0.3 is 14.6 Å². The first-order valence-corrected chi connectivity index (χ1v) is 9.81. The Morgan fingerprint density at radius 1 is 1.34 bits per heavy atom. The first kappa shape index (κ1) is 19.4. The Bertz CT molecular complexity index is 1090. The monoisotopic (exact) mass is 413 g/mol. The van der Waals surface area contributed by atoms with Crippen molar-refractivity contribution in [1.82, 2.24) is 15.5 Å². The molecule has 1 unspecified atom stereocenters. The average Bonchev–Trinajstić information content (AvgIpc) is 3.50. The van der Waals surface area contributed by atoms with Crippen LogP contribution in [0.4, 0.5) is 0 Å². The van der Waals surface area contributed by atoms with Crippen molar-refractivity contribution in [3.63, 3.8) is 0 Å². The molecule has 1 saturated carbocycles. The Labute approximate surface area is 172 Å². The van der Waals surface area contributed by atoms with Crippen LogP contribution in [0.25, 0.3) is 11.1 Å². The summed E-state index contributed by atoms with van der Waals surface area (Å²) >= 11 is 6.10. The molecule has 1 aliphatic carbocycles. The second-order valence-electron chi connectivity index (χ2n) is 7.17. The Hall–Kier alpha value is -2.93. The fourth-order valence-electron chi connectivity index (χ4n) is 3.11. The lowest BCUT2D eigenvalue weighted by Gasteiger charge is -2.14. The zero-order valence-electron chi connectivity index (χ0n) is 16.1.